The molecule has 0 spiro atoms. The molecule has 1 aromatic carbocycles. The summed E-state index contributed by atoms with van der Waals surface area (Å²) in [5, 5.41) is 15.7. The van der Waals surface area contributed by atoms with Gasteiger partial charge in [-0.15, -0.1) is 10.2 Å². The van der Waals surface area contributed by atoms with Crippen LogP contribution in [0.15, 0.2) is 59.4 Å². The molecule has 1 saturated carbocycles. The minimum Gasteiger partial charge on any atom is -0.291 e. The number of carbonyl (C=O) groups is 1. The van der Waals surface area contributed by atoms with Crippen molar-refractivity contribution in [1.29, 1.82) is 0 Å². The van der Waals surface area contributed by atoms with E-state index < -0.39 is 20.5 Å². The Labute approximate surface area is 218 Å². The van der Waals surface area contributed by atoms with E-state index in [1.54, 1.807) is 42.2 Å². The second kappa shape index (κ2) is 8.76. The average molecular weight is 534 g/mol. The van der Waals surface area contributed by atoms with E-state index >= 15 is 0 Å². The number of halogens is 1. The summed E-state index contributed by atoms with van der Waals surface area (Å²) in [7, 11) is -2.29. The molecule has 0 radical (unpaired) electrons. The van der Waals surface area contributed by atoms with Gasteiger partial charge in [-0.2, -0.15) is 9.90 Å². The van der Waals surface area contributed by atoms with E-state index in [4.69, 9.17) is 0 Å². The highest BCUT2D eigenvalue weighted by molar-refractivity contribution is 7.92. The number of Topliss-reactive ketones (excluding diaryl/α,β-unsaturated/α-hetero) is 1. The molecule has 0 unspecified atom stereocenters. The third kappa shape index (κ3) is 3.87. The van der Waals surface area contributed by atoms with Crippen molar-refractivity contribution in [1.82, 2.24) is 35.0 Å². The Bertz CT molecular complexity index is 1710. The zero-order chi connectivity index (χ0) is 26.7. The molecule has 38 heavy (non-hydrogen) atoms. The summed E-state index contributed by atoms with van der Waals surface area (Å²) in [4.78, 5) is 19.8. The Balaban J connectivity index is 1.46. The summed E-state index contributed by atoms with van der Waals surface area (Å²) in [6.45, 7) is 1.88. The molecule has 4 aromatic rings. The van der Waals surface area contributed by atoms with Gasteiger partial charge < -0.3 is 0 Å². The van der Waals surface area contributed by atoms with Gasteiger partial charge in [-0.1, -0.05) is 10.8 Å². The second-order valence-electron chi connectivity index (χ2n) is 9.87. The number of allylic oxidation sites excluding steroid dienone is 1. The Morgan fingerprint density at radius 1 is 1.18 bits per heavy atom. The van der Waals surface area contributed by atoms with Crippen LogP contribution < -0.4 is 0 Å². The van der Waals surface area contributed by atoms with Gasteiger partial charge in [-0.05, 0) is 74.2 Å². The molecule has 12 heteroatoms. The molecule has 2 aliphatic carbocycles. The van der Waals surface area contributed by atoms with Gasteiger partial charge in [0.2, 0.25) is 9.84 Å². The van der Waals surface area contributed by atoms with E-state index in [2.05, 4.69) is 25.5 Å². The zero-order valence-electron chi connectivity index (χ0n) is 20.7. The van der Waals surface area contributed by atoms with E-state index in [0.717, 1.165) is 11.1 Å². The predicted molar refractivity (Wildman–Crippen MR) is 135 cm³/mol. The molecule has 0 aliphatic heterocycles. The number of benzene rings is 1. The Morgan fingerprint density at radius 3 is 2.68 bits per heavy atom. The van der Waals surface area contributed by atoms with Gasteiger partial charge in [-0.3, -0.25) is 9.78 Å². The van der Waals surface area contributed by atoms with E-state index in [-0.39, 0.29) is 35.2 Å². The largest absolute Gasteiger partial charge is 0.291 e. The molecule has 6 rings (SSSR count). The molecular formula is C26H24FN7O3S. The number of hydrogen-bond acceptors (Lipinski definition) is 8. The van der Waals surface area contributed by atoms with Gasteiger partial charge in [0, 0.05) is 19.7 Å². The SMILES string of the molecule is Cc1ccnc(C(=O)[C@]23Cc4nnn(-c5ccc(F)cc5)c4C=C2CC[C@H](S(=O)(=O)c2cnn(C)n2)C3)c1. The summed E-state index contributed by atoms with van der Waals surface area (Å²) in [5.41, 5.74) is 2.71. The van der Waals surface area contributed by atoms with E-state index in [1.165, 1.54) is 23.1 Å². The van der Waals surface area contributed by atoms with Crippen LogP contribution in [0.1, 0.15) is 46.7 Å². The van der Waals surface area contributed by atoms with Crippen LogP contribution in [-0.2, 0) is 23.3 Å². The monoisotopic (exact) mass is 533 g/mol. The van der Waals surface area contributed by atoms with Crippen molar-refractivity contribution in [3.63, 3.8) is 0 Å². The lowest BCUT2D eigenvalue weighted by molar-refractivity contribution is 0.0795. The molecule has 3 aromatic heterocycles. The van der Waals surface area contributed by atoms with Crippen LogP contribution in [-0.4, -0.2) is 54.4 Å². The summed E-state index contributed by atoms with van der Waals surface area (Å²) in [5.74, 6) is -0.604. The van der Waals surface area contributed by atoms with Crippen molar-refractivity contribution in [2.45, 2.75) is 42.9 Å². The first-order valence-electron chi connectivity index (χ1n) is 12.2. The standard InChI is InChI=1S/C26H24FN7O3S/c1-16-9-10-28-21(11-16)25(35)26-13-20(38(36,37)24-15-29-33(2)31-24)8-3-17(26)12-23-22(14-26)30-32-34(23)19-6-4-18(27)5-7-19/h4-7,9-12,15,20H,3,8,13-14H2,1-2H3/t20-,26+/m0/s1. The summed E-state index contributed by atoms with van der Waals surface area (Å²) in [6, 6.07) is 9.44. The topological polar surface area (TPSA) is 126 Å². The van der Waals surface area contributed by atoms with Crippen LogP contribution in [0.4, 0.5) is 4.39 Å². The molecule has 0 saturated heterocycles. The fourth-order valence-corrected chi connectivity index (χ4v) is 7.21. The normalized spacial score (nSPS) is 20.9. The maximum absolute atomic E-state index is 14.2. The zero-order valence-corrected chi connectivity index (χ0v) is 21.6. The fraction of sp³-hybridized carbons (Fsp3) is 0.308. The molecular weight excluding hydrogens is 509 g/mol. The van der Waals surface area contributed by atoms with Gasteiger partial charge in [0.05, 0.1) is 33.9 Å². The Kier molecular flexibility index (Phi) is 5.60. The Hall–Kier alpha value is -4.06. The number of hydrogen-bond donors (Lipinski definition) is 0. The van der Waals surface area contributed by atoms with Crippen molar-refractivity contribution in [3.05, 3.63) is 82.8 Å². The smallest absolute Gasteiger partial charge is 0.201 e. The average Bonchev–Trinajstić information content (AvgIpc) is 3.53. The van der Waals surface area contributed by atoms with Crippen molar-refractivity contribution in [3.8, 4) is 5.69 Å². The molecule has 1 fully saturated rings. The third-order valence-electron chi connectivity index (χ3n) is 7.45. The molecule has 194 valence electrons. The van der Waals surface area contributed by atoms with Crippen LogP contribution in [0.2, 0.25) is 0 Å². The van der Waals surface area contributed by atoms with Crippen LogP contribution >= 0.6 is 0 Å². The highest BCUT2D eigenvalue weighted by Crippen LogP contribution is 2.51. The lowest BCUT2D eigenvalue weighted by atomic mass is 9.62. The lowest BCUT2D eigenvalue weighted by Gasteiger charge is -2.43. The van der Waals surface area contributed by atoms with Crippen LogP contribution in [0, 0.1) is 18.2 Å². The first-order chi connectivity index (χ1) is 18.2. The van der Waals surface area contributed by atoms with Crippen molar-refractivity contribution in [2.24, 2.45) is 12.5 Å². The van der Waals surface area contributed by atoms with Gasteiger partial charge in [0.15, 0.2) is 10.8 Å². The minimum atomic E-state index is -3.84. The van der Waals surface area contributed by atoms with Crippen LogP contribution in [0.5, 0.6) is 0 Å². The highest BCUT2D eigenvalue weighted by Gasteiger charge is 2.52. The van der Waals surface area contributed by atoms with Gasteiger partial charge in [0.1, 0.15) is 11.5 Å². The quantitative estimate of drug-likeness (QED) is 0.359. The van der Waals surface area contributed by atoms with Crippen LogP contribution in [0.25, 0.3) is 11.8 Å². The summed E-state index contributed by atoms with van der Waals surface area (Å²) < 4.78 is 42.3. The molecule has 3 heterocycles. The first kappa shape index (κ1) is 24.3. The van der Waals surface area contributed by atoms with Crippen LogP contribution in [0.3, 0.4) is 0 Å². The van der Waals surface area contributed by atoms with E-state index in [0.29, 0.717) is 29.9 Å². The summed E-state index contributed by atoms with van der Waals surface area (Å²) in [6.07, 6.45) is 5.67. The highest BCUT2D eigenvalue weighted by atomic mass is 32.2. The summed E-state index contributed by atoms with van der Waals surface area (Å²) >= 11 is 0. The fourth-order valence-electron chi connectivity index (χ4n) is 5.51. The van der Waals surface area contributed by atoms with E-state index in [1.807, 2.05) is 13.0 Å². The maximum atomic E-state index is 14.2. The van der Waals surface area contributed by atoms with Crippen molar-refractivity contribution < 1.29 is 17.6 Å². The molecule has 2 aliphatic rings. The molecule has 0 bridgehead atoms. The van der Waals surface area contributed by atoms with Gasteiger partial charge in [0.25, 0.3) is 0 Å². The first-order valence-corrected chi connectivity index (χ1v) is 13.7. The number of nitrogens with zero attached hydrogens (tertiary/aromatic N) is 7. The molecule has 0 amide bonds. The molecule has 2 atom stereocenters. The van der Waals surface area contributed by atoms with Crippen molar-refractivity contribution >= 4 is 21.7 Å². The lowest BCUT2D eigenvalue weighted by Crippen LogP contribution is -2.46. The number of aryl methyl sites for hydroxylation is 2. The third-order valence-corrected chi connectivity index (χ3v) is 9.50. The van der Waals surface area contributed by atoms with Crippen molar-refractivity contribution in [2.75, 3.05) is 0 Å². The number of aromatic nitrogens is 7. The number of carbonyl (C=O) groups excluding carboxylic acids is 1. The Morgan fingerprint density at radius 2 is 1.97 bits per heavy atom. The van der Waals surface area contributed by atoms with E-state index in [9.17, 15) is 17.6 Å². The number of rotatable bonds is 5. The minimum absolute atomic E-state index is 0.0645. The van der Waals surface area contributed by atoms with Gasteiger partial charge >= 0.3 is 0 Å². The maximum Gasteiger partial charge on any atom is 0.201 e. The molecule has 10 nitrogen and oxygen atoms in total. The number of ketones is 1. The predicted octanol–water partition coefficient (Wildman–Crippen LogP) is 3.07. The van der Waals surface area contributed by atoms with Gasteiger partial charge in [-0.25, -0.2) is 17.5 Å². The second-order valence-corrected chi connectivity index (χ2v) is 12.0. The number of fused-ring (bicyclic) bond motifs is 2. The number of pyridine rings is 1. The molecule has 0 N–H and O–H groups in total. The number of sulfone groups is 1.